The third-order valence-corrected chi connectivity index (χ3v) is 3.42. The van der Waals surface area contributed by atoms with Crippen molar-refractivity contribution in [1.29, 1.82) is 0 Å². The van der Waals surface area contributed by atoms with E-state index in [4.69, 9.17) is 10.3 Å². The van der Waals surface area contributed by atoms with Gasteiger partial charge in [0, 0.05) is 28.8 Å². The first-order chi connectivity index (χ1) is 9.69. The molecule has 1 N–H and O–H groups in total. The molecule has 0 amide bonds. The van der Waals surface area contributed by atoms with E-state index < -0.39 is 6.10 Å². The SMILES string of the molecule is CC(Cn1ncc2ccc3c(c21)CC(O)CO3)N=[N+]=[N-]. The van der Waals surface area contributed by atoms with Gasteiger partial charge >= 0.3 is 0 Å². The molecule has 0 aliphatic carbocycles. The Morgan fingerprint density at radius 3 is 3.30 bits per heavy atom. The van der Waals surface area contributed by atoms with Gasteiger partial charge in [0.2, 0.25) is 0 Å². The number of aliphatic hydroxyl groups is 1. The van der Waals surface area contributed by atoms with E-state index in [2.05, 4.69) is 15.1 Å². The summed E-state index contributed by atoms with van der Waals surface area (Å²) < 4.78 is 7.36. The summed E-state index contributed by atoms with van der Waals surface area (Å²) in [5.74, 6) is 0.793. The minimum absolute atomic E-state index is 0.187. The number of ether oxygens (including phenoxy) is 1. The van der Waals surface area contributed by atoms with Gasteiger partial charge < -0.3 is 9.84 Å². The molecule has 1 aliphatic heterocycles. The Kier molecular flexibility index (Phi) is 3.22. The Balaban J connectivity index is 2.07. The molecule has 0 saturated heterocycles. The minimum atomic E-state index is -0.494. The Morgan fingerprint density at radius 2 is 2.50 bits per heavy atom. The molecule has 0 radical (unpaired) electrons. The average Bonchev–Trinajstić information content (AvgIpc) is 2.82. The van der Waals surface area contributed by atoms with E-state index in [1.165, 1.54) is 0 Å². The molecule has 0 saturated carbocycles. The highest BCUT2D eigenvalue weighted by atomic mass is 16.5. The number of rotatable bonds is 3. The zero-order valence-corrected chi connectivity index (χ0v) is 11.1. The van der Waals surface area contributed by atoms with Crippen LogP contribution in [0.5, 0.6) is 5.75 Å². The maximum atomic E-state index is 9.79. The van der Waals surface area contributed by atoms with Gasteiger partial charge in [-0.25, -0.2) is 0 Å². The summed E-state index contributed by atoms with van der Waals surface area (Å²) in [6.07, 6.45) is 1.83. The van der Waals surface area contributed by atoms with Crippen molar-refractivity contribution in [3.8, 4) is 5.75 Å². The second-order valence-electron chi connectivity index (χ2n) is 5.03. The summed E-state index contributed by atoms with van der Waals surface area (Å²) in [7, 11) is 0. The molecule has 0 spiro atoms. The van der Waals surface area contributed by atoms with Crippen molar-refractivity contribution in [2.45, 2.75) is 32.0 Å². The summed E-state index contributed by atoms with van der Waals surface area (Å²) in [5.41, 5.74) is 10.4. The van der Waals surface area contributed by atoms with Crippen LogP contribution in [-0.4, -0.2) is 33.6 Å². The molecule has 3 rings (SSSR count). The highest BCUT2D eigenvalue weighted by Crippen LogP contribution is 2.32. The number of fused-ring (bicyclic) bond motifs is 3. The van der Waals surface area contributed by atoms with Crippen LogP contribution < -0.4 is 4.74 Å². The smallest absolute Gasteiger partial charge is 0.124 e. The van der Waals surface area contributed by atoms with Gasteiger partial charge in [0.05, 0.1) is 23.9 Å². The fraction of sp³-hybridized carbons (Fsp3) is 0.462. The topological polar surface area (TPSA) is 96.0 Å². The molecule has 20 heavy (non-hydrogen) atoms. The number of hydrogen-bond acceptors (Lipinski definition) is 4. The first-order valence-corrected chi connectivity index (χ1v) is 6.51. The maximum Gasteiger partial charge on any atom is 0.124 e. The monoisotopic (exact) mass is 273 g/mol. The van der Waals surface area contributed by atoms with E-state index in [1.54, 1.807) is 6.20 Å². The minimum Gasteiger partial charge on any atom is -0.491 e. The normalized spacial score (nSPS) is 19.0. The molecule has 0 fully saturated rings. The van der Waals surface area contributed by atoms with E-state index in [1.807, 2.05) is 23.7 Å². The molecular formula is C13H15N5O2. The van der Waals surface area contributed by atoms with Crippen LogP contribution in [0, 0.1) is 0 Å². The van der Waals surface area contributed by atoms with Crippen LogP contribution in [-0.2, 0) is 13.0 Å². The van der Waals surface area contributed by atoms with E-state index >= 15 is 0 Å². The number of azide groups is 1. The number of benzene rings is 1. The van der Waals surface area contributed by atoms with Gasteiger partial charge in [-0.1, -0.05) is 12.0 Å². The van der Waals surface area contributed by atoms with Gasteiger partial charge in [-0.15, -0.1) is 0 Å². The maximum absolute atomic E-state index is 9.79. The van der Waals surface area contributed by atoms with E-state index in [0.717, 1.165) is 22.2 Å². The van der Waals surface area contributed by atoms with Crippen LogP contribution in [0.2, 0.25) is 0 Å². The first-order valence-electron chi connectivity index (χ1n) is 6.51. The standard InChI is InChI=1S/C13H15N5O2/c1-8(16-17-14)6-18-13-9(5-15-18)2-3-12-11(13)4-10(19)7-20-12/h2-3,5,8,10,19H,4,6-7H2,1H3. The highest BCUT2D eigenvalue weighted by Gasteiger charge is 2.22. The van der Waals surface area contributed by atoms with Crippen LogP contribution in [0.15, 0.2) is 23.4 Å². The zero-order valence-electron chi connectivity index (χ0n) is 11.1. The van der Waals surface area contributed by atoms with Crippen molar-refractivity contribution in [1.82, 2.24) is 9.78 Å². The zero-order chi connectivity index (χ0) is 14.1. The molecule has 104 valence electrons. The molecule has 2 heterocycles. The van der Waals surface area contributed by atoms with Crippen molar-refractivity contribution < 1.29 is 9.84 Å². The van der Waals surface area contributed by atoms with Crippen LogP contribution in [0.25, 0.3) is 21.3 Å². The molecule has 7 nitrogen and oxygen atoms in total. The second kappa shape index (κ2) is 5.03. The lowest BCUT2D eigenvalue weighted by Crippen LogP contribution is -2.26. The van der Waals surface area contributed by atoms with Crippen molar-refractivity contribution in [2.75, 3.05) is 6.61 Å². The van der Waals surface area contributed by atoms with Gasteiger partial charge in [0.1, 0.15) is 12.4 Å². The van der Waals surface area contributed by atoms with Crippen LogP contribution in [0.1, 0.15) is 12.5 Å². The van der Waals surface area contributed by atoms with Gasteiger partial charge in [0.25, 0.3) is 0 Å². The molecule has 1 aromatic carbocycles. The second-order valence-corrected chi connectivity index (χ2v) is 5.03. The Labute approximate surface area is 115 Å². The Bertz CT molecular complexity index is 689. The van der Waals surface area contributed by atoms with Crippen LogP contribution >= 0.6 is 0 Å². The van der Waals surface area contributed by atoms with Gasteiger partial charge in [-0.3, -0.25) is 4.68 Å². The molecule has 7 heteroatoms. The summed E-state index contributed by atoms with van der Waals surface area (Å²) in [6, 6.07) is 3.67. The molecule has 2 unspecified atom stereocenters. The average molecular weight is 273 g/mol. The number of aliphatic hydroxyl groups excluding tert-OH is 1. The molecule has 2 atom stereocenters. The molecular weight excluding hydrogens is 258 g/mol. The third-order valence-electron chi connectivity index (χ3n) is 3.42. The van der Waals surface area contributed by atoms with E-state index in [-0.39, 0.29) is 6.04 Å². The predicted molar refractivity (Wildman–Crippen MR) is 73.5 cm³/mol. The summed E-state index contributed by atoms with van der Waals surface area (Å²) in [4.78, 5) is 2.81. The molecule has 1 aromatic heterocycles. The van der Waals surface area contributed by atoms with Crippen LogP contribution in [0.4, 0.5) is 0 Å². The lowest BCUT2D eigenvalue weighted by molar-refractivity contribution is 0.0926. The number of aromatic nitrogens is 2. The molecule has 2 aromatic rings. The summed E-state index contributed by atoms with van der Waals surface area (Å²) >= 11 is 0. The third kappa shape index (κ3) is 2.17. The van der Waals surface area contributed by atoms with Crippen molar-refractivity contribution >= 4 is 10.9 Å². The lowest BCUT2D eigenvalue weighted by atomic mass is 10.0. The van der Waals surface area contributed by atoms with Gasteiger partial charge in [-0.05, 0) is 17.7 Å². The van der Waals surface area contributed by atoms with Crippen molar-refractivity contribution in [2.24, 2.45) is 5.11 Å². The van der Waals surface area contributed by atoms with Crippen molar-refractivity contribution in [3.05, 3.63) is 34.3 Å². The number of hydrogen-bond donors (Lipinski definition) is 1. The summed E-state index contributed by atoms with van der Waals surface area (Å²) in [6.45, 7) is 2.66. The van der Waals surface area contributed by atoms with E-state index in [9.17, 15) is 5.11 Å². The van der Waals surface area contributed by atoms with E-state index in [0.29, 0.717) is 19.6 Å². The number of nitrogens with zero attached hydrogens (tertiary/aromatic N) is 5. The Hall–Kier alpha value is -2.24. The molecule has 0 bridgehead atoms. The molecule has 1 aliphatic rings. The summed E-state index contributed by atoms with van der Waals surface area (Å²) in [5, 5.41) is 18.8. The van der Waals surface area contributed by atoms with Gasteiger partial charge in [-0.2, -0.15) is 5.10 Å². The van der Waals surface area contributed by atoms with Crippen molar-refractivity contribution in [3.63, 3.8) is 0 Å². The fourth-order valence-electron chi connectivity index (χ4n) is 2.56. The first kappa shape index (κ1) is 12.8. The largest absolute Gasteiger partial charge is 0.491 e. The Morgan fingerprint density at radius 1 is 1.65 bits per heavy atom. The predicted octanol–water partition coefficient (Wildman–Crippen LogP) is 2.03. The highest BCUT2D eigenvalue weighted by molar-refractivity contribution is 5.84. The lowest BCUT2D eigenvalue weighted by Gasteiger charge is -2.23. The fourth-order valence-corrected chi connectivity index (χ4v) is 2.56. The quantitative estimate of drug-likeness (QED) is 0.526. The van der Waals surface area contributed by atoms with Crippen LogP contribution in [0.3, 0.4) is 0 Å². The van der Waals surface area contributed by atoms with Gasteiger partial charge in [0.15, 0.2) is 0 Å².